The first kappa shape index (κ1) is 13.0. The van der Waals surface area contributed by atoms with E-state index in [4.69, 9.17) is 9.84 Å². The zero-order chi connectivity index (χ0) is 12.2. The van der Waals surface area contributed by atoms with Crippen LogP contribution in [-0.2, 0) is 14.3 Å². The minimum absolute atomic E-state index is 0.164. The van der Waals surface area contributed by atoms with Crippen LogP contribution in [-0.4, -0.2) is 35.2 Å². The second-order valence-electron chi connectivity index (χ2n) is 4.46. The summed E-state index contributed by atoms with van der Waals surface area (Å²) < 4.78 is 5.29. The molecule has 0 saturated heterocycles. The molecule has 1 rings (SSSR count). The Morgan fingerprint density at radius 3 is 2.50 bits per heavy atom. The molecule has 16 heavy (non-hydrogen) atoms. The first-order chi connectivity index (χ1) is 7.46. The van der Waals surface area contributed by atoms with Gasteiger partial charge in [-0.2, -0.15) is 0 Å². The van der Waals surface area contributed by atoms with Gasteiger partial charge in [-0.25, -0.2) is 4.79 Å². The van der Waals surface area contributed by atoms with Gasteiger partial charge in [0, 0.05) is 13.0 Å². The third-order valence-electron chi connectivity index (χ3n) is 2.54. The smallest absolute Gasteiger partial charge is 0.329 e. The van der Waals surface area contributed by atoms with E-state index in [0.29, 0.717) is 32.3 Å². The molecule has 1 amide bonds. The summed E-state index contributed by atoms with van der Waals surface area (Å²) in [6, 6.07) is 0. The van der Waals surface area contributed by atoms with E-state index in [-0.39, 0.29) is 12.0 Å². The van der Waals surface area contributed by atoms with Crippen molar-refractivity contribution in [3.8, 4) is 0 Å². The maximum absolute atomic E-state index is 11.4. The van der Waals surface area contributed by atoms with E-state index in [1.807, 2.05) is 13.8 Å². The number of rotatable bonds is 7. The second kappa shape index (κ2) is 5.30. The van der Waals surface area contributed by atoms with E-state index in [1.165, 1.54) is 0 Å². The number of carbonyl (C=O) groups excluding carboxylic acids is 1. The van der Waals surface area contributed by atoms with Gasteiger partial charge in [-0.15, -0.1) is 0 Å². The number of hydrogen-bond donors (Lipinski definition) is 2. The molecule has 2 N–H and O–H groups in total. The average Bonchev–Trinajstić information content (AvgIpc) is 2.93. The summed E-state index contributed by atoms with van der Waals surface area (Å²) in [6.07, 6.45) is 2.19. The Labute approximate surface area is 95.2 Å². The lowest BCUT2D eigenvalue weighted by Crippen LogP contribution is -2.43. The molecule has 0 bridgehead atoms. The first-order valence-electron chi connectivity index (χ1n) is 5.62. The summed E-state index contributed by atoms with van der Waals surface area (Å²) in [6.45, 7) is 4.40. The quantitative estimate of drug-likeness (QED) is 0.637. The molecule has 0 aromatic rings. The number of carboxylic acids is 1. The zero-order valence-corrected chi connectivity index (χ0v) is 9.78. The highest BCUT2D eigenvalue weighted by molar-refractivity contribution is 5.89. The van der Waals surface area contributed by atoms with Gasteiger partial charge in [0.1, 0.15) is 5.54 Å². The number of nitrogens with one attached hydrogen (secondary N) is 1. The van der Waals surface area contributed by atoms with Gasteiger partial charge < -0.3 is 15.2 Å². The molecule has 92 valence electrons. The Balaban J connectivity index is 2.14. The van der Waals surface area contributed by atoms with Crippen molar-refractivity contribution in [1.29, 1.82) is 0 Å². The Hall–Kier alpha value is -1.10. The summed E-state index contributed by atoms with van der Waals surface area (Å²) in [5.41, 5.74) is -0.962. The second-order valence-corrected chi connectivity index (χ2v) is 4.46. The van der Waals surface area contributed by atoms with Crippen molar-refractivity contribution in [1.82, 2.24) is 5.32 Å². The summed E-state index contributed by atoms with van der Waals surface area (Å²) in [7, 11) is 0. The van der Waals surface area contributed by atoms with Crippen molar-refractivity contribution in [2.75, 3.05) is 6.61 Å². The number of hydrogen-bond acceptors (Lipinski definition) is 3. The van der Waals surface area contributed by atoms with E-state index in [9.17, 15) is 9.59 Å². The lowest BCUT2D eigenvalue weighted by Gasteiger charge is -2.12. The van der Waals surface area contributed by atoms with Crippen LogP contribution in [0.5, 0.6) is 0 Å². The van der Waals surface area contributed by atoms with Gasteiger partial charge in [0.15, 0.2) is 0 Å². The molecule has 0 aliphatic heterocycles. The minimum atomic E-state index is -0.962. The van der Waals surface area contributed by atoms with Gasteiger partial charge >= 0.3 is 5.97 Å². The van der Waals surface area contributed by atoms with Crippen molar-refractivity contribution in [2.24, 2.45) is 0 Å². The third-order valence-corrected chi connectivity index (χ3v) is 2.54. The molecular weight excluding hydrogens is 210 g/mol. The van der Waals surface area contributed by atoms with Crippen molar-refractivity contribution >= 4 is 11.9 Å². The van der Waals surface area contributed by atoms with Crippen LogP contribution in [0.25, 0.3) is 0 Å². The van der Waals surface area contributed by atoms with Crippen LogP contribution in [0, 0.1) is 0 Å². The Bertz CT molecular complexity index is 271. The molecule has 1 saturated carbocycles. The highest BCUT2D eigenvalue weighted by Crippen LogP contribution is 2.35. The van der Waals surface area contributed by atoms with E-state index < -0.39 is 11.5 Å². The molecule has 0 aromatic heterocycles. The molecule has 1 aliphatic carbocycles. The Morgan fingerprint density at radius 2 is 2.06 bits per heavy atom. The minimum Gasteiger partial charge on any atom is -0.480 e. The molecule has 5 heteroatoms. The molecule has 0 radical (unpaired) electrons. The van der Waals surface area contributed by atoms with E-state index in [1.54, 1.807) is 0 Å². The third kappa shape index (κ3) is 3.81. The highest BCUT2D eigenvalue weighted by Gasteiger charge is 2.51. The van der Waals surface area contributed by atoms with Crippen LogP contribution in [0.2, 0.25) is 0 Å². The molecule has 0 heterocycles. The predicted molar refractivity (Wildman–Crippen MR) is 58.1 cm³/mol. The maximum Gasteiger partial charge on any atom is 0.329 e. The van der Waals surface area contributed by atoms with Crippen LogP contribution in [0.1, 0.15) is 39.5 Å². The van der Waals surface area contributed by atoms with Crippen LogP contribution in [0.15, 0.2) is 0 Å². The molecule has 1 aliphatic rings. The van der Waals surface area contributed by atoms with E-state index in [2.05, 4.69) is 5.32 Å². The molecule has 0 spiro atoms. The van der Waals surface area contributed by atoms with Gasteiger partial charge in [-0.1, -0.05) is 0 Å². The van der Waals surface area contributed by atoms with Gasteiger partial charge in [-0.05, 0) is 33.1 Å². The first-order valence-corrected chi connectivity index (χ1v) is 5.62. The van der Waals surface area contributed by atoms with Gasteiger partial charge in [-0.3, -0.25) is 4.79 Å². The van der Waals surface area contributed by atoms with Crippen molar-refractivity contribution < 1.29 is 19.4 Å². The number of carbonyl (C=O) groups is 2. The number of ether oxygens (including phenoxy) is 1. The van der Waals surface area contributed by atoms with Crippen molar-refractivity contribution in [3.05, 3.63) is 0 Å². The lowest BCUT2D eigenvalue weighted by atomic mass is 10.2. The fourth-order valence-electron chi connectivity index (χ4n) is 1.40. The number of amides is 1. The average molecular weight is 229 g/mol. The van der Waals surface area contributed by atoms with Crippen molar-refractivity contribution in [3.63, 3.8) is 0 Å². The van der Waals surface area contributed by atoms with Crippen LogP contribution >= 0.6 is 0 Å². The topological polar surface area (TPSA) is 75.6 Å². The fourth-order valence-corrected chi connectivity index (χ4v) is 1.40. The Morgan fingerprint density at radius 1 is 1.44 bits per heavy atom. The number of aliphatic carboxylic acids is 1. The molecule has 0 atom stereocenters. The standard InChI is InChI=1S/C11H19NO4/c1-8(2)16-7-3-4-9(13)12-11(5-6-11)10(14)15/h8H,3-7H2,1-2H3,(H,12,13)(H,14,15). The summed E-state index contributed by atoms with van der Waals surface area (Å²) in [5, 5.41) is 11.4. The van der Waals surface area contributed by atoms with Gasteiger partial charge in [0.2, 0.25) is 5.91 Å². The van der Waals surface area contributed by atoms with Crippen LogP contribution in [0.4, 0.5) is 0 Å². The monoisotopic (exact) mass is 229 g/mol. The Kier molecular flexibility index (Phi) is 4.29. The van der Waals surface area contributed by atoms with Crippen LogP contribution in [0.3, 0.4) is 0 Å². The highest BCUT2D eigenvalue weighted by atomic mass is 16.5. The normalized spacial score (nSPS) is 17.2. The summed E-state index contributed by atoms with van der Waals surface area (Å²) in [5.74, 6) is -1.13. The summed E-state index contributed by atoms with van der Waals surface area (Å²) in [4.78, 5) is 22.2. The van der Waals surface area contributed by atoms with Gasteiger partial charge in [0.05, 0.1) is 6.10 Å². The summed E-state index contributed by atoms with van der Waals surface area (Å²) >= 11 is 0. The largest absolute Gasteiger partial charge is 0.480 e. The molecule has 0 unspecified atom stereocenters. The molecular formula is C11H19NO4. The van der Waals surface area contributed by atoms with Gasteiger partial charge in [0.25, 0.3) is 0 Å². The van der Waals surface area contributed by atoms with E-state index in [0.717, 1.165) is 0 Å². The number of carboxylic acid groups (broad SMARTS) is 1. The maximum atomic E-state index is 11.4. The fraction of sp³-hybridized carbons (Fsp3) is 0.818. The molecule has 1 fully saturated rings. The zero-order valence-electron chi connectivity index (χ0n) is 9.78. The van der Waals surface area contributed by atoms with E-state index >= 15 is 0 Å². The lowest BCUT2D eigenvalue weighted by molar-refractivity contribution is -0.143. The predicted octanol–water partition coefficient (Wildman–Crippen LogP) is 0.925. The van der Waals surface area contributed by atoms with Crippen LogP contribution < -0.4 is 5.32 Å². The molecule has 5 nitrogen and oxygen atoms in total. The SMILES string of the molecule is CC(C)OCCCC(=O)NC1(C(=O)O)CC1. The molecule has 0 aromatic carbocycles. The van der Waals surface area contributed by atoms with Crippen molar-refractivity contribution in [2.45, 2.75) is 51.2 Å².